The first-order chi connectivity index (χ1) is 8.19. The van der Waals surface area contributed by atoms with Crippen LogP contribution in [0.15, 0.2) is 0 Å². The van der Waals surface area contributed by atoms with Gasteiger partial charge in [0.25, 0.3) is 0 Å². The third-order valence-electron chi connectivity index (χ3n) is 5.02. The predicted octanol–water partition coefficient (Wildman–Crippen LogP) is 4.23. The summed E-state index contributed by atoms with van der Waals surface area (Å²) in [7, 11) is 0. The Hall–Kier alpha value is -0.0400. The van der Waals surface area contributed by atoms with Crippen LogP contribution in [-0.4, -0.2) is 12.6 Å². The molecule has 2 aliphatic carbocycles. The quantitative estimate of drug-likeness (QED) is 0.699. The summed E-state index contributed by atoms with van der Waals surface area (Å²) in [6, 6.07) is 0.777. The van der Waals surface area contributed by atoms with E-state index in [2.05, 4.69) is 26.1 Å². The highest BCUT2D eigenvalue weighted by atomic mass is 14.9. The van der Waals surface area contributed by atoms with Crippen molar-refractivity contribution >= 4 is 0 Å². The van der Waals surface area contributed by atoms with E-state index in [1.807, 2.05) is 0 Å². The molecule has 2 aliphatic rings. The van der Waals surface area contributed by atoms with Crippen molar-refractivity contribution < 1.29 is 0 Å². The van der Waals surface area contributed by atoms with E-state index in [1.54, 1.807) is 25.7 Å². The zero-order chi connectivity index (χ0) is 12.3. The highest BCUT2D eigenvalue weighted by Gasteiger charge is 2.39. The second-order valence-electron chi connectivity index (χ2n) is 6.90. The Labute approximate surface area is 108 Å². The lowest BCUT2D eigenvalue weighted by atomic mass is 9.84. The molecule has 4 atom stereocenters. The normalized spacial score (nSPS) is 33.5. The lowest BCUT2D eigenvalue weighted by molar-refractivity contribution is 0.283. The van der Waals surface area contributed by atoms with Gasteiger partial charge in [0, 0.05) is 6.04 Å². The Kier molecular flexibility index (Phi) is 4.90. The maximum atomic E-state index is 3.68. The lowest BCUT2D eigenvalue weighted by Gasteiger charge is -2.25. The Bertz CT molecular complexity index is 224. The largest absolute Gasteiger partial charge is 0.314 e. The molecular weight excluding hydrogens is 206 g/mol. The van der Waals surface area contributed by atoms with Gasteiger partial charge in [-0.15, -0.1) is 0 Å². The minimum absolute atomic E-state index is 0.777. The second kappa shape index (κ2) is 6.22. The van der Waals surface area contributed by atoms with Gasteiger partial charge in [-0.05, 0) is 68.7 Å². The molecule has 0 heterocycles. The number of nitrogens with one attached hydrogen (secondary N) is 1. The van der Waals surface area contributed by atoms with Crippen molar-refractivity contribution in [1.29, 1.82) is 0 Å². The fraction of sp³-hybridized carbons (Fsp3) is 1.00. The summed E-state index contributed by atoms with van der Waals surface area (Å²) >= 11 is 0. The van der Waals surface area contributed by atoms with Crippen molar-refractivity contribution in [3.8, 4) is 0 Å². The molecule has 17 heavy (non-hydrogen) atoms. The molecule has 1 nitrogen and oxygen atoms in total. The Morgan fingerprint density at radius 3 is 2.53 bits per heavy atom. The van der Waals surface area contributed by atoms with Gasteiger partial charge >= 0.3 is 0 Å². The van der Waals surface area contributed by atoms with Gasteiger partial charge in [0.2, 0.25) is 0 Å². The Morgan fingerprint density at radius 1 is 1.18 bits per heavy atom. The molecule has 2 bridgehead atoms. The van der Waals surface area contributed by atoms with Gasteiger partial charge in [-0.1, -0.05) is 27.2 Å². The molecule has 2 fully saturated rings. The van der Waals surface area contributed by atoms with Crippen LogP contribution in [0.2, 0.25) is 0 Å². The molecular formula is C16H31N. The molecule has 0 spiro atoms. The monoisotopic (exact) mass is 237 g/mol. The summed E-state index contributed by atoms with van der Waals surface area (Å²) in [4.78, 5) is 0. The van der Waals surface area contributed by atoms with E-state index in [0.717, 1.165) is 36.3 Å². The molecule has 100 valence electrons. The van der Waals surface area contributed by atoms with Gasteiger partial charge in [0.05, 0.1) is 0 Å². The fourth-order valence-corrected chi connectivity index (χ4v) is 4.31. The van der Waals surface area contributed by atoms with Crippen LogP contribution in [0.1, 0.15) is 65.7 Å². The van der Waals surface area contributed by atoms with E-state index < -0.39 is 0 Å². The number of hydrogen-bond donors (Lipinski definition) is 1. The summed E-state index contributed by atoms with van der Waals surface area (Å²) in [5.41, 5.74) is 0. The van der Waals surface area contributed by atoms with Gasteiger partial charge in [-0.3, -0.25) is 0 Å². The third-order valence-corrected chi connectivity index (χ3v) is 5.02. The van der Waals surface area contributed by atoms with Crippen LogP contribution in [0.4, 0.5) is 0 Å². The first-order valence-corrected chi connectivity index (χ1v) is 7.92. The van der Waals surface area contributed by atoms with E-state index in [4.69, 9.17) is 0 Å². The lowest BCUT2D eigenvalue weighted by Crippen LogP contribution is -2.31. The predicted molar refractivity (Wildman–Crippen MR) is 75.1 cm³/mol. The van der Waals surface area contributed by atoms with Crippen molar-refractivity contribution in [2.45, 2.75) is 71.8 Å². The van der Waals surface area contributed by atoms with Crippen molar-refractivity contribution in [2.24, 2.45) is 23.7 Å². The average Bonchev–Trinajstić information content (AvgIpc) is 2.87. The van der Waals surface area contributed by atoms with Crippen LogP contribution in [0.25, 0.3) is 0 Å². The van der Waals surface area contributed by atoms with Gasteiger partial charge < -0.3 is 5.32 Å². The van der Waals surface area contributed by atoms with Crippen LogP contribution in [0.5, 0.6) is 0 Å². The highest BCUT2D eigenvalue weighted by Crippen LogP contribution is 2.50. The fourth-order valence-electron chi connectivity index (χ4n) is 4.31. The highest BCUT2D eigenvalue weighted by molar-refractivity contribution is 4.90. The minimum Gasteiger partial charge on any atom is -0.314 e. The van der Waals surface area contributed by atoms with Crippen molar-refractivity contribution in [3.05, 3.63) is 0 Å². The summed E-state index contributed by atoms with van der Waals surface area (Å²) in [6.45, 7) is 8.07. The van der Waals surface area contributed by atoms with Crippen LogP contribution in [0.3, 0.4) is 0 Å². The van der Waals surface area contributed by atoms with E-state index in [0.29, 0.717) is 0 Å². The second-order valence-corrected chi connectivity index (χ2v) is 6.90. The third kappa shape index (κ3) is 3.71. The molecule has 2 saturated carbocycles. The molecule has 0 aromatic carbocycles. The van der Waals surface area contributed by atoms with Crippen molar-refractivity contribution in [2.75, 3.05) is 6.54 Å². The molecule has 2 rings (SSSR count). The summed E-state index contributed by atoms with van der Waals surface area (Å²) in [6.07, 6.45) is 10.5. The van der Waals surface area contributed by atoms with E-state index in [9.17, 15) is 0 Å². The molecule has 0 aromatic heterocycles. The average molecular weight is 237 g/mol. The van der Waals surface area contributed by atoms with Crippen LogP contribution >= 0.6 is 0 Å². The first-order valence-electron chi connectivity index (χ1n) is 7.92. The standard InChI is InChI=1S/C16H31N/c1-4-17-16(9-12(2)3)8-7-15-11-13-5-6-14(15)10-13/h12-17H,4-11H2,1-3H3. The molecule has 1 N–H and O–H groups in total. The smallest absolute Gasteiger partial charge is 0.00694 e. The topological polar surface area (TPSA) is 12.0 Å². The maximum absolute atomic E-state index is 3.68. The summed E-state index contributed by atoms with van der Waals surface area (Å²) in [5.74, 6) is 4.15. The van der Waals surface area contributed by atoms with Crippen molar-refractivity contribution in [3.63, 3.8) is 0 Å². The van der Waals surface area contributed by atoms with E-state index >= 15 is 0 Å². The van der Waals surface area contributed by atoms with Gasteiger partial charge in [-0.2, -0.15) is 0 Å². The molecule has 0 saturated heterocycles. The molecule has 0 radical (unpaired) electrons. The molecule has 4 unspecified atom stereocenters. The molecule has 0 amide bonds. The first kappa shape index (κ1) is 13.4. The summed E-state index contributed by atoms with van der Waals surface area (Å²) in [5, 5.41) is 3.68. The maximum Gasteiger partial charge on any atom is 0.00694 e. The number of hydrogen-bond acceptors (Lipinski definition) is 1. The van der Waals surface area contributed by atoms with Gasteiger partial charge in [0.1, 0.15) is 0 Å². The Morgan fingerprint density at radius 2 is 2.00 bits per heavy atom. The summed E-state index contributed by atoms with van der Waals surface area (Å²) < 4.78 is 0. The number of fused-ring (bicyclic) bond motifs is 2. The van der Waals surface area contributed by atoms with Crippen molar-refractivity contribution in [1.82, 2.24) is 5.32 Å². The SMILES string of the molecule is CCNC(CCC1CC2CCC1C2)CC(C)C. The molecule has 0 aromatic rings. The molecule has 1 heteroatoms. The van der Waals surface area contributed by atoms with Crippen LogP contribution in [0, 0.1) is 23.7 Å². The zero-order valence-electron chi connectivity index (χ0n) is 12.0. The number of rotatable bonds is 7. The zero-order valence-corrected chi connectivity index (χ0v) is 12.0. The van der Waals surface area contributed by atoms with Gasteiger partial charge in [0.15, 0.2) is 0 Å². The van der Waals surface area contributed by atoms with Gasteiger partial charge in [-0.25, -0.2) is 0 Å². The Balaban J connectivity index is 1.71. The van der Waals surface area contributed by atoms with E-state index in [1.165, 1.54) is 19.3 Å². The van der Waals surface area contributed by atoms with Crippen LogP contribution in [-0.2, 0) is 0 Å². The van der Waals surface area contributed by atoms with Crippen LogP contribution < -0.4 is 5.32 Å². The molecule has 0 aliphatic heterocycles. The van der Waals surface area contributed by atoms with E-state index in [-0.39, 0.29) is 0 Å². The minimum atomic E-state index is 0.777.